The zero-order valence-electron chi connectivity index (χ0n) is 9.71. The average Bonchev–Trinajstić information content (AvgIpc) is 2.21. The smallest absolute Gasteiger partial charge is 0.139 e. The first-order valence-electron chi connectivity index (χ1n) is 5.49. The highest BCUT2D eigenvalue weighted by molar-refractivity contribution is 5.82. The van der Waals surface area contributed by atoms with Crippen molar-refractivity contribution in [3.8, 4) is 0 Å². The molecule has 0 aliphatic heterocycles. The van der Waals surface area contributed by atoms with E-state index in [1.54, 1.807) is 0 Å². The Morgan fingerprint density at radius 1 is 1.27 bits per heavy atom. The highest BCUT2D eigenvalue weighted by Crippen LogP contribution is 2.11. The summed E-state index contributed by atoms with van der Waals surface area (Å²) >= 11 is 0. The Morgan fingerprint density at radius 3 is 2.33 bits per heavy atom. The lowest BCUT2D eigenvalue weighted by Gasteiger charge is -2.06. The first-order chi connectivity index (χ1) is 7.13. The molecule has 0 aliphatic carbocycles. The van der Waals surface area contributed by atoms with Crippen molar-refractivity contribution in [3.05, 3.63) is 29.8 Å². The summed E-state index contributed by atoms with van der Waals surface area (Å²) < 4.78 is 0. The van der Waals surface area contributed by atoms with Crippen LogP contribution >= 0.6 is 0 Å². The molecular formula is C13H19NO. The van der Waals surface area contributed by atoms with Crippen LogP contribution in [0.1, 0.15) is 26.3 Å². The predicted molar refractivity (Wildman–Crippen MR) is 64.2 cm³/mol. The summed E-state index contributed by atoms with van der Waals surface area (Å²) in [4.78, 5) is 11.5. The Balaban J connectivity index is 2.60. The van der Waals surface area contributed by atoms with Crippen molar-refractivity contribution in [2.24, 2.45) is 5.92 Å². The molecule has 0 saturated heterocycles. The topological polar surface area (TPSA) is 29.1 Å². The van der Waals surface area contributed by atoms with Crippen LogP contribution in [0, 0.1) is 5.92 Å². The van der Waals surface area contributed by atoms with Gasteiger partial charge in [-0.1, -0.05) is 26.0 Å². The first kappa shape index (κ1) is 11.8. The molecule has 0 unspecified atom stereocenters. The Bertz CT molecular complexity index is 314. The van der Waals surface area contributed by atoms with Crippen LogP contribution in [0.25, 0.3) is 0 Å². The fourth-order valence-corrected chi connectivity index (χ4v) is 1.35. The Morgan fingerprint density at radius 2 is 1.87 bits per heavy atom. The third kappa shape index (κ3) is 3.74. The molecule has 0 aromatic heterocycles. The molecule has 0 spiro atoms. The molecule has 1 aromatic rings. The van der Waals surface area contributed by atoms with Gasteiger partial charge in [0.15, 0.2) is 0 Å². The van der Waals surface area contributed by atoms with E-state index in [0.29, 0.717) is 12.2 Å². The molecule has 0 aliphatic rings. The van der Waals surface area contributed by atoms with Gasteiger partial charge in [0.25, 0.3) is 0 Å². The SMILES string of the molecule is CCNc1ccc(CC(=O)C(C)C)cc1. The lowest BCUT2D eigenvalue weighted by molar-refractivity contribution is -0.121. The molecule has 0 heterocycles. The van der Waals surface area contributed by atoms with Crippen LogP contribution in [0.2, 0.25) is 0 Å². The van der Waals surface area contributed by atoms with Crippen molar-refractivity contribution in [2.75, 3.05) is 11.9 Å². The number of hydrogen-bond acceptors (Lipinski definition) is 2. The van der Waals surface area contributed by atoms with E-state index in [2.05, 4.69) is 12.2 Å². The Labute approximate surface area is 91.7 Å². The minimum atomic E-state index is 0.124. The molecule has 1 aromatic carbocycles. The summed E-state index contributed by atoms with van der Waals surface area (Å²) in [6.07, 6.45) is 0.546. The lowest BCUT2D eigenvalue weighted by Crippen LogP contribution is -2.10. The quantitative estimate of drug-likeness (QED) is 0.800. The van der Waals surface area contributed by atoms with Crippen LogP contribution in [0.5, 0.6) is 0 Å². The first-order valence-corrected chi connectivity index (χ1v) is 5.49. The van der Waals surface area contributed by atoms with Gasteiger partial charge in [0.2, 0.25) is 0 Å². The van der Waals surface area contributed by atoms with Gasteiger partial charge in [-0.05, 0) is 24.6 Å². The largest absolute Gasteiger partial charge is 0.385 e. The predicted octanol–water partition coefficient (Wildman–Crippen LogP) is 2.89. The summed E-state index contributed by atoms with van der Waals surface area (Å²) in [5.41, 5.74) is 2.20. The van der Waals surface area contributed by atoms with Crippen molar-refractivity contribution in [2.45, 2.75) is 27.2 Å². The maximum absolute atomic E-state index is 11.5. The number of carbonyl (C=O) groups excluding carboxylic acids is 1. The van der Waals surface area contributed by atoms with E-state index >= 15 is 0 Å². The molecule has 0 bridgehead atoms. The zero-order valence-corrected chi connectivity index (χ0v) is 9.71. The minimum Gasteiger partial charge on any atom is -0.385 e. The van der Waals surface area contributed by atoms with E-state index in [4.69, 9.17) is 0 Å². The van der Waals surface area contributed by atoms with Crippen molar-refractivity contribution in [1.29, 1.82) is 0 Å². The normalized spacial score (nSPS) is 10.4. The van der Waals surface area contributed by atoms with Crippen LogP contribution in [0.3, 0.4) is 0 Å². The molecule has 0 saturated carbocycles. The number of anilines is 1. The van der Waals surface area contributed by atoms with E-state index in [1.165, 1.54) is 0 Å². The number of carbonyl (C=O) groups is 1. The Kier molecular flexibility index (Phi) is 4.35. The number of nitrogens with one attached hydrogen (secondary N) is 1. The van der Waals surface area contributed by atoms with E-state index in [0.717, 1.165) is 17.8 Å². The maximum atomic E-state index is 11.5. The van der Waals surface area contributed by atoms with Gasteiger partial charge in [-0.15, -0.1) is 0 Å². The van der Waals surface area contributed by atoms with E-state index in [-0.39, 0.29) is 5.92 Å². The van der Waals surface area contributed by atoms with Crippen molar-refractivity contribution in [3.63, 3.8) is 0 Å². The monoisotopic (exact) mass is 205 g/mol. The van der Waals surface area contributed by atoms with E-state index < -0.39 is 0 Å². The number of benzene rings is 1. The van der Waals surface area contributed by atoms with Gasteiger partial charge in [0.1, 0.15) is 5.78 Å². The highest BCUT2D eigenvalue weighted by Gasteiger charge is 2.07. The number of rotatable bonds is 5. The average molecular weight is 205 g/mol. The van der Waals surface area contributed by atoms with E-state index in [1.807, 2.05) is 38.1 Å². The maximum Gasteiger partial charge on any atom is 0.139 e. The molecule has 2 nitrogen and oxygen atoms in total. The molecule has 82 valence electrons. The van der Waals surface area contributed by atoms with Crippen molar-refractivity contribution in [1.82, 2.24) is 0 Å². The highest BCUT2D eigenvalue weighted by atomic mass is 16.1. The number of ketones is 1. The summed E-state index contributed by atoms with van der Waals surface area (Å²) in [5, 5.41) is 3.23. The van der Waals surface area contributed by atoms with Gasteiger partial charge in [-0.25, -0.2) is 0 Å². The fourth-order valence-electron chi connectivity index (χ4n) is 1.35. The van der Waals surface area contributed by atoms with Crippen LogP contribution in [0.4, 0.5) is 5.69 Å². The lowest BCUT2D eigenvalue weighted by atomic mass is 10.0. The van der Waals surface area contributed by atoms with Crippen LogP contribution in [0.15, 0.2) is 24.3 Å². The molecule has 0 radical (unpaired) electrons. The van der Waals surface area contributed by atoms with Gasteiger partial charge in [0.05, 0.1) is 0 Å². The second kappa shape index (κ2) is 5.54. The molecule has 2 heteroatoms. The van der Waals surface area contributed by atoms with E-state index in [9.17, 15) is 4.79 Å². The zero-order chi connectivity index (χ0) is 11.3. The summed E-state index contributed by atoms with van der Waals surface area (Å²) in [6, 6.07) is 8.06. The number of Topliss-reactive ketones (excluding diaryl/α,β-unsaturated/α-hetero) is 1. The molecule has 0 atom stereocenters. The molecule has 0 amide bonds. The van der Waals surface area contributed by atoms with Gasteiger partial charge in [-0.3, -0.25) is 4.79 Å². The second-order valence-corrected chi connectivity index (χ2v) is 4.03. The minimum absolute atomic E-state index is 0.124. The molecular weight excluding hydrogens is 186 g/mol. The van der Waals surface area contributed by atoms with Gasteiger partial charge in [0, 0.05) is 24.6 Å². The number of hydrogen-bond donors (Lipinski definition) is 1. The standard InChI is InChI=1S/C13H19NO/c1-4-14-12-7-5-11(6-8-12)9-13(15)10(2)3/h5-8,10,14H,4,9H2,1-3H3. The van der Waals surface area contributed by atoms with Crippen LogP contribution in [-0.4, -0.2) is 12.3 Å². The molecule has 15 heavy (non-hydrogen) atoms. The molecule has 0 fully saturated rings. The summed E-state index contributed by atoms with van der Waals surface area (Å²) in [7, 11) is 0. The van der Waals surface area contributed by atoms with Gasteiger partial charge in [-0.2, -0.15) is 0 Å². The van der Waals surface area contributed by atoms with Gasteiger partial charge >= 0.3 is 0 Å². The van der Waals surface area contributed by atoms with Crippen LogP contribution < -0.4 is 5.32 Å². The van der Waals surface area contributed by atoms with Crippen molar-refractivity contribution >= 4 is 11.5 Å². The third-order valence-electron chi connectivity index (χ3n) is 2.36. The fraction of sp³-hybridized carbons (Fsp3) is 0.462. The van der Waals surface area contributed by atoms with Crippen molar-refractivity contribution < 1.29 is 4.79 Å². The Hall–Kier alpha value is -1.31. The van der Waals surface area contributed by atoms with Gasteiger partial charge < -0.3 is 5.32 Å². The van der Waals surface area contributed by atoms with Crippen LogP contribution in [-0.2, 0) is 11.2 Å². The third-order valence-corrected chi connectivity index (χ3v) is 2.36. The molecule has 1 rings (SSSR count). The summed E-state index contributed by atoms with van der Waals surface area (Å²) in [5.74, 6) is 0.421. The molecule has 1 N–H and O–H groups in total. The summed E-state index contributed by atoms with van der Waals surface area (Å²) in [6.45, 7) is 6.87. The second-order valence-electron chi connectivity index (χ2n) is 4.03.